The second-order valence-corrected chi connectivity index (χ2v) is 5.18. The van der Waals surface area contributed by atoms with Gasteiger partial charge in [0.05, 0.1) is 16.9 Å². The largest absolute Gasteiger partial charge is 0.319 e. The van der Waals surface area contributed by atoms with Gasteiger partial charge < -0.3 is 5.32 Å². The number of benzene rings is 1. The highest BCUT2D eigenvalue weighted by Gasteiger charge is 2.15. The Morgan fingerprint density at radius 2 is 2.05 bits per heavy atom. The second kappa shape index (κ2) is 5.30. The topological polar surface area (TPSA) is 57.8 Å². The lowest BCUT2D eigenvalue weighted by Crippen LogP contribution is -2.11. The van der Waals surface area contributed by atoms with Crippen molar-refractivity contribution in [2.45, 2.75) is 6.92 Å². The Bertz CT molecular complexity index is 717. The smallest absolute Gasteiger partial charge is 0.256 e. The van der Waals surface area contributed by atoms with Crippen LogP contribution in [0, 0.1) is 6.92 Å². The third kappa shape index (κ3) is 2.35. The van der Waals surface area contributed by atoms with Gasteiger partial charge in [-0.15, -0.1) is 0 Å². The first kappa shape index (κ1) is 12.6. The number of rotatable bonds is 3. The van der Waals surface area contributed by atoms with E-state index >= 15 is 0 Å². The molecule has 3 aromatic rings. The lowest BCUT2D eigenvalue weighted by Gasteiger charge is -2.06. The molecule has 20 heavy (non-hydrogen) atoms. The maximum atomic E-state index is 12.2. The predicted molar refractivity (Wildman–Crippen MR) is 81.0 cm³/mol. The van der Waals surface area contributed by atoms with E-state index in [1.807, 2.05) is 48.0 Å². The van der Waals surface area contributed by atoms with Crippen LogP contribution in [0.3, 0.4) is 0 Å². The summed E-state index contributed by atoms with van der Waals surface area (Å²) in [5.41, 5.74) is 3.96. The molecule has 0 aliphatic carbocycles. The van der Waals surface area contributed by atoms with E-state index in [0.717, 1.165) is 22.6 Å². The molecule has 0 saturated carbocycles. The monoisotopic (exact) mass is 283 g/mol. The SMILES string of the molecule is Cc1[nH]nc(-c2ccccc2)c1NC(=O)c1ccsc1. The molecule has 0 bridgehead atoms. The summed E-state index contributed by atoms with van der Waals surface area (Å²) in [5, 5.41) is 13.9. The minimum atomic E-state index is -0.118. The van der Waals surface area contributed by atoms with Gasteiger partial charge in [0.2, 0.25) is 0 Å². The average Bonchev–Trinajstić information content (AvgIpc) is 3.11. The van der Waals surface area contributed by atoms with Gasteiger partial charge in [-0.1, -0.05) is 30.3 Å². The number of nitrogens with zero attached hydrogens (tertiary/aromatic N) is 1. The zero-order valence-corrected chi connectivity index (χ0v) is 11.7. The normalized spacial score (nSPS) is 10.4. The summed E-state index contributed by atoms with van der Waals surface area (Å²) in [5.74, 6) is -0.118. The Labute approximate surface area is 120 Å². The van der Waals surface area contributed by atoms with E-state index in [-0.39, 0.29) is 5.91 Å². The number of H-pyrrole nitrogens is 1. The van der Waals surface area contributed by atoms with Gasteiger partial charge in [0.1, 0.15) is 5.69 Å². The van der Waals surface area contributed by atoms with Crippen molar-refractivity contribution in [3.05, 3.63) is 58.4 Å². The number of carbonyl (C=O) groups excluding carboxylic acids is 1. The molecule has 0 fully saturated rings. The van der Waals surface area contributed by atoms with Gasteiger partial charge in [-0.25, -0.2) is 0 Å². The fourth-order valence-corrected chi connectivity index (χ4v) is 2.60. The molecule has 0 aliphatic rings. The molecule has 1 aromatic carbocycles. The zero-order valence-electron chi connectivity index (χ0n) is 10.9. The molecule has 0 saturated heterocycles. The van der Waals surface area contributed by atoms with Gasteiger partial charge in [-0.2, -0.15) is 16.4 Å². The summed E-state index contributed by atoms with van der Waals surface area (Å²) in [6.45, 7) is 1.89. The Morgan fingerprint density at radius 1 is 1.25 bits per heavy atom. The number of hydrogen-bond acceptors (Lipinski definition) is 3. The number of carbonyl (C=O) groups is 1. The van der Waals surface area contributed by atoms with E-state index < -0.39 is 0 Å². The van der Waals surface area contributed by atoms with Crippen molar-refractivity contribution in [1.29, 1.82) is 0 Å². The quantitative estimate of drug-likeness (QED) is 0.770. The van der Waals surface area contributed by atoms with Gasteiger partial charge >= 0.3 is 0 Å². The van der Waals surface area contributed by atoms with Crippen LogP contribution < -0.4 is 5.32 Å². The van der Waals surface area contributed by atoms with Crippen molar-refractivity contribution in [3.63, 3.8) is 0 Å². The third-order valence-corrected chi connectivity index (χ3v) is 3.70. The minimum Gasteiger partial charge on any atom is -0.319 e. The number of thiophene rings is 1. The van der Waals surface area contributed by atoms with Gasteiger partial charge in [-0.05, 0) is 18.4 Å². The molecule has 0 unspecified atom stereocenters. The third-order valence-electron chi connectivity index (χ3n) is 3.02. The van der Waals surface area contributed by atoms with E-state index in [0.29, 0.717) is 5.56 Å². The predicted octanol–water partition coefficient (Wildman–Crippen LogP) is 3.70. The number of anilines is 1. The Kier molecular flexibility index (Phi) is 3.35. The van der Waals surface area contributed by atoms with E-state index in [1.165, 1.54) is 11.3 Å². The highest BCUT2D eigenvalue weighted by atomic mass is 32.1. The first-order valence-electron chi connectivity index (χ1n) is 6.19. The summed E-state index contributed by atoms with van der Waals surface area (Å²) in [4.78, 5) is 12.2. The van der Waals surface area contributed by atoms with Crippen molar-refractivity contribution >= 4 is 22.9 Å². The molecule has 100 valence electrons. The molecule has 2 heterocycles. The van der Waals surface area contributed by atoms with Gasteiger partial charge in [-0.3, -0.25) is 9.89 Å². The minimum absolute atomic E-state index is 0.118. The number of aryl methyl sites for hydroxylation is 1. The number of aromatic amines is 1. The number of hydrogen-bond donors (Lipinski definition) is 2. The van der Waals surface area contributed by atoms with Crippen molar-refractivity contribution in [3.8, 4) is 11.3 Å². The fourth-order valence-electron chi connectivity index (χ4n) is 1.97. The molecule has 0 spiro atoms. The molecular weight excluding hydrogens is 270 g/mol. The maximum Gasteiger partial charge on any atom is 0.256 e. The average molecular weight is 283 g/mol. The highest BCUT2D eigenvalue weighted by molar-refractivity contribution is 7.08. The van der Waals surface area contributed by atoms with Crippen LogP contribution in [0.1, 0.15) is 16.1 Å². The van der Waals surface area contributed by atoms with Gasteiger partial charge in [0.15, 0.2) is 0 Å². The Morgan fingerprint density at radius 3 is 2.75 bits per heavy atom. The number of aromatic nitrogens is 2. The van der Waals surface area contributed by atoms with Crippen LogP contribution in [0.2, 0.25) is 0 Å². The van der Waals surface area contributed by atoms with E-state index in [1.54, 1.807) is 6.07 Å². The van der Waals surface area contributed by atoms with Gasteiger partial charge in [0, 0.05) is 10.9 Å². The molecule has 3 rings (SSSR count). The van der Waals surface area contributed by atoms with E-state index in [9.17, 15) is 4.79 Å². The van der Waals surface area contributed by atoms with E-state index in [2.05, 4.69) is 15.5 Å². The molecule has 0 atom stereocenters. The molecule has 0 aliphatic heterocycles. The zero-order chi connectivity index (χ0) is 13.9. The van der Waals surface area contributed by atoms with Crippen molar-refractivity contribution in [2.75, 3.05) is 5.32 Å². The molecule has 4 nitrogen and oxygen atoms in total. The summed E-state index contributed by atoms with van der Waals surface area (Å²) in [7, 11) is 0. The summed E-state index contributed by atoms with van der Waals surface area (Å²) in [6, 6.07) is 11.6. The van der Waals surface area contributed by atoms with Crippen molar-refractivity contribution in [2.24, 2.45) is 0 Å². The second-order valence-electron chi connectivity index (χ2n) is 4.40. The van der Waals surface area contributed by atoms with Crippen molar-refractivity contribution < 1.29 is 4.79 Å². The van der Waals surface area contributed by atoms with Crippen LogP contribution in [0.15, 0.2) is 47.2 Å². The molecule has 2 aromatic heterocycles. The Hall–Kier alpha value is -2.40. The van der Waals surface area contributed by atoms with Crippen LogP contribution >= 0.6 is 11.3 Å². The first-order valence-corrected chi connectivity index (χ1v) is 7.14. The maximum absolute atomic E-state index is 12.2. The lowest BCUT2D eigenvalue weighted by atomic mass is 10.1. The summed E-state index contributed by atoms with van der Waals surface area (Å²) < 4.78 is 0. The van der Waals surface area contributed by atoms with Gasteiger partial charge in [0.25, 0.3) is 5.91 Å². The number of amides is 1. The first-order chi connectivity index (χ1) is 9.75. The molecular formula is C15H13N3OS. The molecule has 2 N–H and O–H groups in total. The summed E-state index contributed by atoms with van der Waals surface area (Å²) >= 11 is 1.50. The van der Waals surface area contributed by atoms with Crippen molar-refractivity contribution in [1.82, 2.24) is 10.2 Å². The fraction of sp³-hybridized carbons (Fsp3) is 0.0667. The van der Waals surface area contributed by atoms with Crippen LogP contribution in [-0.2, 0) is 0 Å². The molecule has 5 heteroatoms. The lowest BCUT2D eigenvalue weighted by molar-refractivity contribution is 0.102. The van der Waals surface area contributed by atoms with E-state index in [4.69, 9.17) is 0 Å². The molecule has 1 amide bonds. The number of nitrogens with one attached hydrogen (secondary N) is 2. The van der Waals surface area contributed by atoms with Crippen LogP contribution in [0.5, 0.6) is 0 Å². The standard InChI is InChI=1S/C15H13N3OS/c1-10-13(16-15(19)12-7-8-20-9-12)14(18-17-10)11-5-3-2-4-6-11/h2-9H,1H3,(H,16,19)(H,17,18). The van der Waals surface area contributed by atoms with Crippen LogP contribution in [0.25, 0.3) is 11.3 Å². The molecule has 0 radical (unpaired) electrons. The Balaban J connectivity index is 1.94. The highest BCUT2D eigenvalue weighted by Crippen LogP contribution is 2.28. The summed E-state index contributed by atoms with van der Waals surface area (Å²) in [6.07, 6.45) is 0. The van der Waals surface area contributed by atoms with Crippen LogP contribution in [0.4, 0.5) is 5.69 Å². The van der Waals surface area contributed by atoms with Crippen LogP contribution in [-0.4, -0.2) is 16.1 Å².